The van der Waals surface area contributed by atoms with Crippen LogP contribution in [0.15, 0.2) is 17.0 Å². The number of carbonyl (C=O) groups excluding carboxylic acids is 2. The van der Waals surface area contributed by atoms with Gasteiger partial charge in [0.2, 0.25) is 11.8 Å². The van der Waals surface area contributed by atoms with E-state index in [4.69, 9.17) is 4.74 Å². The first-order valence-corrected chi connectivity index (χ1v) is 15.8. The Bertz CT molecular complexity index is 1000. The van der Waals surface area contributed by atoms with Crippen molar-refractivity contribution >= 4 is 22.8 Å². The van der Waals surface area contributed by atoms with Gasteiger partial charge in [0.25, 0.3) is 0 Å². The van der Waals surface area contributed by atoms with Crippen molar-refractivity contribution in [2.45, 2.75) is 75.8 Å². The average molecular weight is 578 g/mol. The van der Waals surface area contributed by atoms with Crippen molar-refractivity contribution in [1.82, 2.24) is 24.3 Å². The number of hydrogen-bond acceptors (Lipinski definition) is 6. The first-order valence-electron chi connectivity index (χ1n) is 14.7. The molecule has 0 radical (unpaired) electrons. The van der Waals surface area contributed by atoms with Gasteiger partial charge in [-0.05, 0) is 122 Å². The second-order valence-corrected chi connectivity index (χ2v) is 13.5. The molecule has 9 nitrogen and oxygen atoms in total. The molecular formula is C30H51N5O4S. The Morgan fingerprint density at radius 1 is 1.05 bits per heavy atom. The van der Waals surface area contributed by atoms with E-state index in [0.717, 1.165) is 55.9 Å². The first-order chi connectivity index (χ1) is 19.0. The zero-order valence-electron chi connectivity index (χ0n) is 25.7. The summed E-state index contributed by atoms with van der Waals surface area (Å²) >= 11 is 0. The number of nitrogens with zero attached hydrogens (tertiary/aromatic N) is 4. The van der Waals surface area contributed by atoms with E-state index in [-0.39, 0.29) is 30.9 Å². The molecule has 1 aromatic carbocycles. The van der Waals surface area contributed by atoms with E-state index in [2.05, 4.69) is 29.2 Å². The molecule has 0 spiro atoms. The summed E-state index contributed by atoms with van der Waals surface area (Å²) in [7, 11) is 7.90. The van der Waals surface area contributed by atoms with Crippen LogP contribution < -0.4 is 10.1 Å². The normalized spacial score (nSPS) is 21.4. The van der Waals surface area contributed by atoms with Crippen molar-refractivity contribution in [3.63, 3.8) is 0 Å². The number of aryl methyl sites for hydroxylation is 2. The Labute approximate surface area is 244 Å². The smallest absolute Gasteiger partial charge is 0.241 e. The minimum absolute atomic E-state index is 0.0468. The number of hydrogen-bond donors (Lipinski definition) is 1. The third-order valence-corrected chi connectivity index (χ3v) is 10.3. The predicted molar refractivity (Wildman–Crippen MR) is 161 cm³/mol. The molecule has 0 bridgehead atoms. The number of carbonyl (C=O) groups is 2. The molecule has 3 rings (SSSR count). The fraction of sp³-hybridized carbons (Fsp3) is 0.733. The van der Waals surface area contributed by atoms with Gasteiger partial charge in [0.05, 0.1) is 25.1 Å². The van der Waals surface area contributed by atoms with Gasteiger partial charge in [0.15, 0.2) is 0 Å². The van der Waals surface area contributed by atoms with E-state index in [1.54, 1.807) is 14.2 Å². The maximum atomic E-state index is 13.1. The summed E-state index contributed by atoms with van der Waals surface area (Å²) in [6, 6.07) is 4.41. The second kappa shape index (κ2) is 15.3. The third-order valence-electron chi connectivity index (χ3n) is 8.64. The van der Waals surface area contributed by atoms with Crippen molar-refractivity contribution in [3.8, 4) is 5.75 Å². The summed E-state index contributed by atoms with van der Waals surface area (Å²) in [5, 5.41) is 2.75. The lowest BCUT2D eigenvalue weighted by Gasteiger charge is -2.43. The highest BCUT2D eigenvalue weighted by Gasteiger charge is 2.32. The third kappa shape index (κ3) is 8.99. The van der Waals surface area contributed by atoms with Gasteiger partial charge in [0, 0.05) is 26.2 Å². The number of amides is 2. The molecule has 2 fully saturated rings. The Balaban J connectivity index is 1.44. The van der Waals surface area contributed by atoms with Crippen molar-refractivity contribution in [2.24, 2.45) is 5.92 Å². The molecule has 226 valence electrons. The van der Waals surface area contributed by atoms with E-state index in [9.17, 15) is 13.8 Å². The molecule has 3 unspecified atom stereocenters. The largest absolute Gasteiger partial charge is 0.497 e. The minimum atomic E-state index is -1.51. The van der Waals surface area contributed by atoms with Crippen LogP contribution >= 0.6 is 0 Å². The summed E-state index contributed by atoms with van der Waals surface area (Å²) in [6.07, 6.45) is 8.16. The number of piperidine rings is 1. The zero-order chi connectivity index (χ0) is 29.4. The Kier molecular flexibility index (Phi) is 12.4. The highest BCUT2D eigenvalue weighted by Crippen LogP contribution is 2.30. The lowest BCUT2D eigenvalue weighted by molar-refractivity contribution is -0.134. The summed E-state index contributed by atoms with van der Waals surface area (Å²) in [5.74, 6) is 1.14. The SMILES string of the molecule is COc1cc(C)c(S(=O)N(C)CC(=O)NCC(=O)N(C)C2CCCC(N3CCC(CCN(C)C)CC3)C2)c(C)c1. The molecule has 2 aliphatic rings. The molecule has 1 saturated heterocycles. The maximum absolute atomic E-state index is 13.1. The molecule has 40 heavy (non-hydrogen) atoms. The summed E-state index contributed by atoms with van der Waals surface area (Å²) in [5.41, 5.74) is 1.69. The Morgan fingerprint density at radius 2 is 1.70 bits per heavy atom. The van der Waals surface area contributed by atoms with Crippen molar-refractivity contribution in [2.75, 3.05) is 68.0 Å². The summed E-state index contributed by atoms with van der Waals surface area (Å²) in [4.78, 5) is 33.1. The molecule has 1 aliphatic carbocycles. The monoisotopic (exact) mass is 577 g/mol. The van der Waals surface area contributed by atoms with Gasteiger partial charge in [-0.3, -0.25) is 9.59 Å². The lowest BCUT2D eigenvalue weighted by atomic mass is 9.86. The van der Waals surface area contributed by atoms with Crippen LogP contribution in [0.25, 0.3) is 0 Å². The van der Waals surface area contributed by atoms with Crippen LogP contribution in [0.4, 0.5) is 0 Å². The number of rotatable bonds is 12. The quantitative estimate of drug-likeness (QED) is 0.411. The highest BCUT2D eigenvalue weighted by molar-refractivity contribution is 7.82. The molecule has 3 atom stereocenters. The van der Waals surface area contributed by atoms with Crippen LogP contribution in [0.2, 0.25) is 0 Å². The average Bonchev–Trinajstić information content (AvgIpc) is 2.94. The number of ether oxygens (including phenoxy) is 1. The molecule has 1 saturated carbocycles. The number of methoxy groups -OCH3 is 1. The predicted octanol–water partition coefficient (Wildman–Crippen LogP) is 2.82. The van der Waals surface area contributed by atoms with Crippen LogP contribution in [0, 0.1) is 19.8 Å². The Hall–Kier alpha value is -2.01. The van der Waals surface area contributed by atoms with Gasteiger partial charge >= 0.3 is 0 Å². The van der Waals surface area contributed by atoms with Gasteiger partial charge in [-0.2, -0.15) is 0 Å². The maximum Gasteiger partial charge on any atom is 0.241 e. The van der Waals surface area contributed by atoms with E-state index >= 15 is 0 Å². The Morgan fingerprint density at radius 3 is 2.30 bits per heavy atom. The van der Waals surface area contributed by atoms with E-state index in [0.29, 0.717) is 16.7 Å². The van der Waals surface area contributed by atoms with Crippen molar-refractivity contribution in [3.05, 3.63) is 23.3 Å². The highest BCUT2D eigenvalue weighted by atomic mass is 32.2. The van der Waals surface area contributed by atoms with Gasteiger partial charge in [-0.15, -0.1) is 0 Å². The molecule has 0 aromatic heterocycles. The molecule has 1 N–H and O–H groups in total. The van der Waals surface area contributed by atoms with E-state index in [1.165, 1.54) is 30.0 Å². The van der Waals surface area contributed by atoms with Crippen LogP contribution in [0.3, 0.4) is 0 Å². The van der Waals surface area contributed by atoms with Crippen LogP contribution in [0.5, 0.6) is 5.75 Å². The molecular weight excluding hydrogens is 526 g/mol. The van der Waals surface area contributed by atoms with Crippen molar-refractivity contribution in [1.29, 1.82) is 0 Å². The first kappa shape index (κ1) is 32.5. The van der Waals surface area contributed by atoms with Gasteiger partial charge in [-0.25, -0.2) is 8.51 Å². The summed E-state index contributed by atoms with van der Waals surface area (Å²) in [6.45, 7) is 7.14. The minimum Gasteiger partial charge on any atom is -0.497 e. The molecule has 10 heteroatoms. The topological polar surface area (TPSA) is 85.4 Å². The van der Waals surface area contributed by atoms with Crippen molar-refractivity contribution < 1.29 is 18.5 Å². The zero-order valence-corrected chi connectivity index (χ0v) is 26.5. The van der Waals surface area contributed by atoms with Crippen LogP contribution in [-0.4, -0.2) is 115 Å². The molecule has 2 amide bonds. The molecule has 1 aromatic rings. The second-order valence-electron chi connectivity index (χ2n) is 12.0. The van der Waals surface area contributed by atoms with Gasteiger partial charge in [-0.1, -0.05) is 0 Å². The fourth-order valence-electron chi connectivity index (χ4n) is 6.15. The fourth-order valence-corrected chi connectivity index (χ4v) is 7.36. The van der Waals surface area contributed by atoms with Gasteiger partial charge < -0.3 is 24.8 Å². The van der Waals surface area contributed by atoms with E-state index < -0.39 is 11.0 Å². The van der Waals surface area contributed by atoms with Crippen LogP contribution in [-0.2, 0) is 20.6 Å². The summed E-state index contributed by atoms with van der Waals surface area (Å²) < 4.78 is 19.9. The number of likely N-dealkylation sites (tertiary alicyclic amines) is 1. The number of nitrogens with one attached hydrogen (secondary N) is 1. The standard InChI is InChI=1S/C30H51N5O4S/c1-22-17-27(39-7)18-23(2)30(22)40(38)33(5)21-28(36)31-20-29(37)34(6)25-9-8-10-26(19-25)35-15-12-24(13-16-35)11-14-32(3)4/h17-18,24-26H,8-16,19-21H2,1-7H3,(H,31,36). The lowest BCUT2D eigenvalue weighted by Crippen LogP contribution is -2.50. The number of likely N-dealkylation sites (N-methyl/N-ethyl adjacent to an activating group) is 2. The van der Waals surface area contributed by atoms with Crippen LogP contribution in [0.1, 0.15) is 56.1 Å². The molecule has 1 aliphatic heterocycles. The van der Waals surface area contributed by atoms with E-state index in [1.807, 2.05) is 37.9 Å². The number of benzene rings is 1. The molecule has 1 heterocycles. The van der Waals surface area contributed by atoms with Gasteiger partial charge in [0.1, 0.15) is 16.7 Å².